The van der Waals surface area contributed by atoms with Crippen LogP contribution in [0.25, 0.3) is 0 Å². The summed E-state index contributed by atoms with van der Waals surface area (Å²) in [5.41, 5.74) is 5.61. The fraction of sp³-hybridized carbons (Fsp3) is 0.615. The molecule has 1 aliphatic heterocycles. The third-order valence-electron chi connectivity index (χ3n) is 4.06. The van der Waals surface area contributed by atoms with Gasteiger partial charge in [-0.15, -0.1) is 11.3 Å². The molecular weight excluding hydrogens is 232 g/mol. The van der Waals surface area contributed by atoms with Crippen molar-refractivity contribution in [2.24, 2.45) is 5.73 Å². The zero-order valence-electron chi connectivity index (χ0n) is 9.89. The second kappa shape index (κ2) is 4.10. The summed E-state index contributed by atoms with van der Waals surface area (Å²) in [6.45, 7) is 0.875. The van der Waals surface area contributed by atoms with Crippen molar-refractivity contribution in [3.05, 3.63) is 22.4 Å². The van der Waals surface area contributed by atoms with E-state index >= 15 is 0 Å². The maximum absolute atomic E-state index is 12.5. The Hall–Kier alpha value is -0.870. The van der Waals surface area contributed by atoms with E-state index in [4.69, 9.17) is 5.73 Å². The van der Waals surface area contributed by atoms with Crippen molar-refractivity contribution in [2.45, 2.75) is 43.7 Å². The van der Waals surface area contributed by atoms with E-state index in [1.54, 1.807) is 11.3 Å². The highest BCUT2D eigenvalue weighted by Gasteiger charge is 2.45. The van der Waals surface area contributed by atoms with Gasteiger partial charge in [-0.05, 0) is 43.6 Å². The molecule has 2 heterocycles. The van der Waals surface area contributed by atoms with Crippen LogP contribution in [0.4, 0.5) is 0 Å². The van der Waals surface area contributed by atoms with Crippen LogP contribution >= 0.6 is 11.3 Å². The average molecular weight is 250 g/mol. The van der Waals surface area contributed by atoms with Crippen molar-refractivity contribution in [1.82, 2.24) is 4.90 Å². The topological polar surface area (TPSA) is 46.3 Å². The molecule has 1 aromatic rings. The molecule has 1 amide bonds. The Morgan fingerprint density at radius 3 is 2.88 bits per heavy atom. The number of hydrogen-bond donors (Lipinski definition) is 1. The molecule has 0 bridgehead atoms. The molecule has 1 aromatic heterocycles. The quantitative estimate of drug-likeness (QED) is 0.875. The highest BCUT2D eigenvalue weighted by Crippen LogP contribution is 2.39. The van der Waals surface area contributed by atoms with Crippen molar-refractivity contribution in [1.29, 1.82) is 0 Å². The fourth-order valence-electron chi connectivity index (χ4n) is 2.84. The molecule has 1 saturated carbocycles. The van der Waals surface area contributed by atoms with E-state index in [1.807, 2.05) is 4.90 Å². The summed E-state index contributed by atoms with van der Waals surface area (Å²) in [4.78, 5) is 15.8. The Labute approximate surface area is 106 Å². The molecule has 3 nitrogen and oxygen atoms in total. The third-order valence-corrected chi connectivity index (χ3v) is 5.03. The van der Waals surface area contributed by atoms with Crippen LogP contribution in [0.5, 0.6) is 0 Å². The molecule has 4 heteroatoms. The molecule has 3 rings (SSSR count). The Balaban J connectivity index is 1.80. The van der Waals surface area contributed by atoms with Crippen molar-refractivity contribution in [3.8, 4) is 0 Å². The number of likely N-dealkylation sites (tertiary alicyclic amines) is 1. The number of hydrogen-bond acceptors (Lipinski definition) is 3. The minimum Gasteiger partial charge on any atom is -0.333 e. The first-order chi connectivity index (χ1) is 8.21. The Morgan fingerprint density at radius 1 is 1.47 bits per heavy atom. The fourth-order valence-corrected chi connectivity index (χ4v) is 3.72. The number of thiophene rings is 1. The number of nitrogens with zero attached hydrogens (tertiary/aromatic N) is 1. The number of carbonyl (C=O) groups excluding carboxylic acids is 1. The Bertz CT molecular complexity index is 411. The van der Waals surface area contributed by atoms with E-state index in [2.05, 4.69) is 17.5 Å². The molecule has 17 heavy (non-hydrogen) atoms. The van der Waals surface area contributed by atoms with Crippen LogP contribution < -0.4 is 5.73 Å². The van der Waals surface area contributed by atoms with E-state index < -0.39 is 5.54 Å². The summed E-state index contributed by atoms with van der Waals surface area (Å²) in [5, 5.41) is 2.08. The molecule has 1 aliphatic carbocycles. The van der Waals surface area contributed by atoms with E-state index in [0.29, 0.717) is 0 Å². The summed E-state index contributed by atoms with van der Waals surface area (Å²) in [7, 11) is 0. The van der Waals surface area contributed by atoms with Gasteiger partial charge < -0.3 is 10.6 Å². The summed E-state index contributed by atoms with van der Waals surface area (Å²) < 4.78 is 0. The van der Waals surface area contributed by atoms with Gasteiger partial charge in [0.15, 0.2) is 0 Å². The van der Waals surface area contributed by atoms with Crippen LogP contribution in [0.15, 0.2) is 17.5 Å². The molecule has 92 valence electrons. The van der Waals surface area contributed by atoms with E-state index in [9.17, 15) is 4.79 Å². The summed E-state index contributed by atoms with van der Waals surface area (Å²) >= 11 is 1.74. The van der Waals surface area contributed by atoms with Gasteiger partial charge in [-0.1, -0.05) is 6.07 Å². The Morgan fingerprint density at radius 2 is 2.29 bits per heavy atom. The van der Waals surface area contributed by atoms with Gasteiger partial charge in [-0.3, -0.25) is 4.79 Å². The lowest BCUT2D eigenvalue weighted by Crippen LogP contribution is -2.59. The normalized spacial score (nSPS) is 26.9. The summed E-state index contributed by atoms with van der Waals surface area (Å²) in [6.07, 6.45) is 5.01. The van der Waals surface area contributed by atoms with Gasteiger partial charge in [0.25, 0.3) is 0 Å². The predicted molar refractivity (Wildman–Crippen MR) is 68.8 cm³/mol. The smallest absolute Gasteiger partial charge is 0.243 e. The van der Waals surface area contributed by atoms with Crippen LogP contribution in [0.3, 0.4) is 0 Å². The number of nitrogens with two attached hydrogens (primary N) is 1. The first kappa shape index (κ1) is 11.2. The van der Waals surface area contributed by atoms with E-state index in [1.165, 1.54) is 4.88 Å². The molecule has 1 atom stereocenters. The maximum atomic E-state index is 12.5. The lowest BCUT2D eigenvalue weighted by atomic mass is 9.76. The number of amides is 1. The lowest BCUT2D eigenvalue weighted by Gasteiger charge is -2.40. The summed E-state index contributed by atoms with van der Waals surface area (Å²) in [6, 6.07) is 4.47. The van der Waals surface area contributed by atoms with Crippen molar-refractivity contribution in [2.75, 3.05) is 6.54 Å². The molecule has 0 radical (unpaired) electrons. The molecular formula is C13H18N2OS. The highest BCUT2D eigenvalue weighted by atomic mass is 32.1. The van der Waals surface area contributed by atoms with Gasteiger partial charge in [0, 0.05) is 11.4 Å². The van der Waals surface area contributed by atoms with E-state index in [0.717, 1.165) is 38.6 Å². The first-order valence-corrected chi connectivity index (χ1v) is 7.22. The van der Waals surface area contributed by atoms with Gasteiger partial charge in [-0.2, -0.15) is 0 Å². The number of rotatable bonds is 2. The largest absolute Gasteiger partial charge is 0.333 e. The zero-order valence-corrected chi connectivity index (χ0v) is 10.7. The van der Waals surface area contributed by atoms with Crippen LogP contribution in [-0.2, 0) is 4.79 Å². The molecule has 2 N–H and O–H groups in total. The third kappa shape index (κ3) is 1.79. The lowest BCUT2D eigenvalue weighted by molar-refractivity contribution is -0.141. The van der Waals surface area contributed by atoms with E-state index in [-0.39, 0.29) is 11.9 Å². The van der Waals surface area contributed by atoms with Crippen LogP contribution in [0, 0.1) is 0 Å². The van der Waals surface area contributed by atoms with Crippen molar-refractivity contribution >= 4 is 17.2 Å². The minimum absolute atomic E-state index is 0.180. The second-order valence-corrected chi connectivity index (χ2v) is 6.16. The summed E-state index contributed by atoms with van der Waals surface area (Å²) in [5.74, 6) is 0.180. The minimum atomic E-state index is -0.542. The van der Waals surface area contributed by atoms with Gasteiger partial charge in [0.05, 0.1) is 11.6 Å². The molecule has 0 aromatic carbocycles. The van der Waals surface area contributed by atoms with Crippen LogP contribution in [-0.4, -0.2) is 22.9 Å². The molecule has 0 spiro atoms. The predicted octanol–water partition coefficient (Wildman–Crippen LogP) is 2.29. The van der Waals surface area contributed by atoms with Gasteiger partial charge in [0.1, 0.15) is 0 Å². The number of carbonyl (C=O) groups is 1. The van der Waals surface area contributed by atoms with Crippen LogP contribution in [0.1, 0.15) is 43.0 Å². The molecule has 2 fully saturated rings. The van der Waals surface area contributed by atoms with Crippen molar-refractivity contribution < 1.29 is 4.79 Å². The zero-order chi connectivity index (χ0) is 11.9. The highest BCUT2D eigenvalue weighted by molar-refractivity contribution is 7.10. The van der Waals surface area contributed by atoms with Crippen molar-refractivity contribution in [3.63, 3.8) is 0 Å². The second-order valence-electron chi connectivity index (χ2n) is 5.18. The molecule has 1 saturated heterocycles. The molecule has 2 aliphatic rings. The standard InChI is InChI=1S/C13H18N2OS/c14-13(6-3-7-13)12(16)15-8-1-4-10(15)11-5-2-9-17-11/h2,5,9-10H,1,3-4,6-8,14H2. The van der Waals surface area contributed by atoms with Gasteiger partial charge in [-0.25, -0.2) is 0 Å². The average Bonchev–Trinajstić information content (AvgIpc) is 2.93. The monoisotopic (exact) mass is 250 g/mol. The van der Waals surface area contributed by atoms with Gasteiger partial charge in [0.2, 0.25) is 5.91 Å². The molecule has 1 unspecified atom stereocenters. The van der Waals surface area contributed by atoms with Crippen LogP contribution in [0.2, 0.25) is 0 Å². The van der Waals surface area contributed by atoms with Gasteiger partial charge >= 0.3 is 0 Å². The Kier molecular flexibility index (Phi) is 2.71. The first-order valence-electron chi connectivity index (χ1n) is 6.34. The maximum Gasteiger partial charge on any atom is 0.243 e. The SMILES string of the molecule is NC1(C(=O)N2CCCC2c2cccs2)CCC1.